The number of hydrogen-bond acceptors (Lipinski definition) is 5. The Hall–Kier alpha value is -3.24. The lowest BCUT2D eigenvalue weighted by atomic mass is 9.97. The molecular formula is C20H22N2O7S. The fraction of sp³-hybridized carbons (Fsp3) is 0.250. The lowest BCUT2D eigenvalue weighted by Gasteiger charge is -2.23. The van der Waals surface area contributed by atoms with Gasteiger partial charge in [0.1, 0.15) is 12.3 Å². The van der Waals surface area contributed by atoms with Crippen LogP contribution in [-0.2, 0) is 20.9 Å². The van der Waals surface area contributed by atoms with Crippen LogP contribution in [0.3, 0.4) is 0 Å². The van der Waals surface area contributed by atoms with E-state index in [4.69, 9.17) is 9.84 Å². The second-order valence-electron chi connectivity index (χ2n) is 7.25. The van der Waals surface area contributed by atoms with Crippen molar-refractivity contribution in [2.45, 2.75) is 20.8 Å². The number of para-hydroxylation sites is 1. The molecule has 30 heavy (non-hydrogen) atoms. The summed E-state index contributed by atoms with van der Waals surface area (Å²) in [4.78, 5) is 35.1. The molecule has 10 heteroatoms. The van der Waals surface area contributed by atoms with E-state index in [1.165, 1.54) is 36.4 Å². The molecule has 0 spiro atoms. The molecule has 3 N–H and O–H groups in total. The third kappa shape index (κ3) is 5.88. The lowest BCUT2D eigenvalue weighted by molar-refractivity contribution is -0.143. The van der Waals surface area contributed by atoms with Gasteiger partial charge in [0.15, 0.2) is 0 Å². The van der Waals surface area contributed by atoms with Crippen molar-refractivity contribution in [2.75, 3.05) is 10.8 Å². The van der Waals surface area contributed by atoms with Crippen LogP contribution in [0.2, 0.25) is 0 Å². The second-order valence-corrected chi connectivity index (χ2v) is 8.08. The van der Waals surface area contributed by atoms with Crippen molar-refractivity contribution >= 4 is 40.5 Å². The van der Waals surface area contributed by atoms with Crippen LogP contribution in [0.15, 0.2) is 48.5 Å². The lowest BCUT2D eigenvalue weighted by Crippen LogP contribution is -2.31. The number of ether oxygens (including phenoxy) is 1. The molecule has 1 atom stereocenters. The number of esters is 1. The summed E-state index contributed by atoms with van der Waals surface area (Å²) in [6.45, 7) is 4.55. The first-order chi connectivity index (χ1) is 14.0. The Kier molecular flexibility index (Phi) is 7.30. The Labute approximate surface area is 176 Å². The van der Waals surface area contributed by atoms with E-state index in [0.717, 1.165) is 4.31 Å². The molecule has 0 aliphatic heterocycles. The average Bonchev–Trinajstić information content (AvgIpc) is 2.67. The number of anilines is 2. The summed E-state index contributed by atoms with van der Waals surface area (Å²) in [5.41, 5.74) is -0.325. The summed E-state index contributed by atoms with van der Waals surface area (Å²) in [5, 5.41) is 11.0. The zero-order valence-corrected chi connectivity index (χ0v) is 17.4. The highest BCUT2D eigenvalue weighted by molar-refractivity contribution is 7.81. The molecule has 0 heterocycles. The van der Waals surface area contributed by atoms with Gasteiger partial charge in [-0.1, -0.05) is 12.1 Å². The molecule has 2 aromatic carbocycles. The molecule has 0 bridgehead atoms. The van der Waals surface area contributed by atoms with Gasteiger partial charge < -0.3 is 15.2 Å². The van der Waals surface area contributed by atoms with Crippen LogP contribution >= 0.6 is 0 Å². The van der Waals surface area contributed by atoms with E-state index >= 15 is 0 Å². The normalized spacial score (nSPS) is 12.0. The second kappa shape index (κ2) is 9.51. The van der Waals surface area contributed by atoms with Gasteiger partial charge >= 0.3 is 11.9 Å². The Morgan fingerprint density at radius 1 is 1.07 bits per heavy atom. The molecule has 9 nitrogen and oxygen atoms in total. The number of hydrogen-bond donors (Lipinski definition) is 3. The zero-order chi connectivity index (χ0) is 22.5. The van der Waals surface area contributed by atoms with Gasteiger partial charge in [-0.2, -0.15) is 0 Å². The van der Waals surface area contributed by atoms with Crippen molar-refractivity contribution < 1.29 is 33.0 Å². The number of aliphatic carboxylic acids is 1. The standard InChI is InChI=1S/C20H22N2O7S/c1-20(2,3)19(26)29-14-10-8-13(9-11-14)22(30(27)28)16-7-5-4-6-15(16)18(25)21-12-17(23)24/h4-11H,12H2,1-3H3,(H,21,25)(H,23,24)(H,27,28). The van der Waals surface area contributed by atoms with Gasteiger partial charge in [-0.05, 0) is 57.2 Å². The van der Waals surface area contributed by atoms with Crippen LogP contribution in [0.25, 0.3) is 0 Å². The maximum absolute atomic E-state index is 12.4. The fourth-order valence-corrected chi connectivity index (χ4v) is 2.95. The van der Waals surface area contributed by atoms with Crippen molar-refractivity contribution in [2.24, 2.45) is 5.41 Å². The molecule has 0 saturated heterocycles. The number of benzene rings is 2. The molecule has 160 valence electrons. The summed E-state index contributed by atoms with van der Waals surface area (Å²) >= 11 is -2.55. The number of nitrogens with zero attached hydrogens (tertiary/aromatic N) is 1. The summed E-state index contributed by atoms with van der Waals surface area (Å²) in [7, 11) is 0. The van der Waals surface area contributed by atoms with Crippen LogP contribution in [-0.4, -0.2) is 38.3 Å². The third-order valence-corrected chi connectivity index (χ3v) is 4.54. The van der Waals surface area contributed by atoms with Gasteiger partial charge in [-0.15, -0.1) is 0 Å². The zero-order valence-electron chi connectivity index (χ0n) is 16.6. The van der Waals surface area contributed by atoms with Crippen LogP contribution in [0.5, 0.6) is 5.75 Å². The number of amides is 1. The molecule has 0 saturated carbocycles. The maximum Gasteiger partial charge on any atom is 0.322 e. The van der Waals surface area contributed by atoms with Crippen LogP contribution < -0.4 is 14.4 Å². The topological polar surface area (TPSA) is 133 Å². The van der Waals surface area contributed by atoms with Crippen molar-refractivity contribution in [1.82, 2.24) is 5.32 Å². The highest BCUT2D eigenvalue weighted by Gasteiger charge is 2.25. The van der Waals surface area contributed by atoms with Crippen molar-refractivity contribution in [3.63, 3.8) is 0 Å². The van der Waals surface area contributed by atoms with E-state index in [1.807, 2.05) is 0 Å². The van der Waals surface area contributed by atoms with Gasteiger partial charge in [0, 0.05) is 0 Å². The van der Waals surface area contributed by atoms with Gasteiger partial charge in [-0.3, -0.25) is 18.9 Å². The molecule has 0 fully saturated rings. The molecule has 1 unspecified atom stereocenters. The van der Waals surface area contributed by atoms with E-state index in [2.05, 4.69) is 5.32 Å². The minimum atomic E-state index is -2.55. The number of carboxylic acid groups (broad SMARTS) is 1. The molecular weight excluding hydrogens is 412 g/mol. The number of carbonyl (C=O) groups is 3. The number of carbonyl (C=O) groups excluding carboxylic acids is 2. The molecule has 2 rings (SSSR count). The highest BCUT2D eigenvalue weighted by atomic mass is 32.2. The Morgan fingerprint density at radius 3 is 2.20 bits per heavy atom. The third-order valence-electron chi connectivity index (χ3n) is 3.82. The van der Waals surface area contributed by atoms with E-state index in [9.17, 15) is 23.1 Å². The molecule has 0 aliphatic carbocycles. The quantitative estimate of drug-likeness (QED) is 0.347. The van der Waals surface area contributed by atoms with Crippen molar-refractivity contribution in [3.8, 4) is 5.75 Å². The van der Waals surface area contributed by atoms with E-state index in [1.54, 1.807) is 32.9 Å². The predicted octanol–water partition coefficient (Wildman–Crippen LogP) is 2.73. The van der Waals surface area contributed by atoms with E-state index < -0.39 is 41.1 Å². The van der Waals surface area contributed by atoms with E-state index in [-0.39, 0.29) is 22.7 Å². The smallest absolute Gasteiger partial charge is 0.322 e. The number of rotatable bonds is 7. The highest BCUT2D eigenvalue weighted by Crippen LogP contribution is 2.31. The Bertz CT molecular complexity index is 968. The van der Waals surface area contributed by atoms with Crippen LogP contribution in [0.1, 0.15) is 31.1 Å². The average molecular weight is 434 g/mol. The minimum Gasteiger partial charge on any atom is -0.480 e. The van der Waals surface area contributed by atoms with E-state index in [0.29, 0.717) is 0 Å². The molecule has 2 aromatic rings. The first-order valence-corrected chi connectivity index (χ1v) is 9.89. The van der Waals surface area contributed by atoms with Gasteiger partial charge in [0.25, 0.3) is 17.2 Å². The predicted molar refractivity (Wildman–Crippen MR) is 111 cm³/mol. The summed E-state index contributed by atoms with van der Waals surface area (Å²) < 4.78 is 28.2. The Balaban J connectivity index is 2.35. The fourth-order valence-electron chi connectivity index (χ4n) is 2.32. The number of nitrogens with one attached hydrogen (secondary N) is 1. The monoisotopic (exact) mass is 434 g/mol. The van der Waals surface area contributed by atoms with Crippen LogP contribution in [0.4, 0.5) is 11.4 Å². The first-order valence-electron chi connectivity index (χ1n) is 8.83. The van der Waals surface area contributed by atoms with Gasteiger partial charge in [-0.25, -0.2) is 8.51 Å². The SMILES string of the molecule is CC(C)(C)C(=O)Oc1ccc(N(c2ccccc2C(=O)NCC(=O)O)S(=O)O)cc1. The molecule has 0 aromatic heterocycles. The number of carboxylic acids is 1. The first kappa shape index (κ1) is 23.0. The summed E-state index contributed by atoms with van der Waals surface area (Å²) in [5.74, 6) is -2.10. The van der Waals surface area contributed by atoms with Crippen molar-refractivity contribution in [3.05, 3.63) is 54.1 Å². The Morgan fingerprint density at radius 2 is 1.67 bits per heavy atom. The van der Waals surface area contributed by atoms with Gasteiger partial charge in [0.05, 0.1) is 22.4 Å². The summed E-state index contributed by atoms with van der Waals surface area (Å²) in [6, 6.07) is 11.8. The van der Waals surface area contributed by atoms with Gasteiger partial charge in [0.2, 0.25) is 0 Å². The molecule has 0 aliphatic rings. The minimum absolute atomic E-state index is 0.0180. The van der Waals surface area contributed by atoms with Crippen molar-refractivity contribution in [1.29, 1.82) is 0 Å². The summed E-state index contributed by atoms with van der Waals surface area (Å²) in [6.07, 6.45) is 0. The largest absolute Gasteiger partial charge is 0.480 e. The molecule has 0 radical (unpaired) electrons. The van der Waals surface area contributed by atoms with Crippen LogP contribution in [0, 0.1) is 5.41 Å². The molecule has 1 amide bonds. The maximum atomic E-state index is 12.4.